The van der Waals surface area contributed by atoms with Crippen LogP contribution in [-0.2, 0) is 4.74 Å². The van der Waals surface area contributed by atoms with Gasteiger partial charge in [-0.05, 0) is 64.8 Å². The lowest BCUT2D eigenvalue weighted by Gasteiger charge is -2.35. The van der Waals surface area contributed by atoms with E-state index in [-0.39, 0.29) is 6.09 Å². The monoisotopic (exact) mass is 268 g/mol. The molecule has 110 valence electrons. The Morgan fingerprint density at radius 2 is 2.05 bits per heavy atom. The minimum Gasteiger partial charge on any atom is -0.444 e. The van der Waals surface area contributed by atoms with E-state index in [1.54, 1.807) is 0 Å². The molecule has 19 heavy (non-hydrogen) atoms. The summed E-state index contributed by atoms with van der Waals surface area (Å²) in [7, 11) is 0. The molecule has 1 saturated carbocycles. The van der Waals surface area contributed by atoms with Crippen molar-refractivity contribution in [2.75, 3.05) is 13.1 Å². The summed E-state index contributed by atoms with van der Waals surface area (Å²) in [6.07, 6.45) is 6.18. The predicted molar refractivity (Wildman–Crippen MR) is 76.1 cm³/mol. The van der Waals surface area contributed by atoms with E-state index in [0.717, 1.165) is 31.3 Å². The lowest BCUT2D eigenvalue weighted by Crippen LogP contribution is -2.40. The standard InChI is InChI=1S/C15H28N2O2/c1-15(2,3)19-14(18)17-10-8-12-7-9-16-13(12)11-5-4-6-11/h11-13,16H,4-10H2,1-3H3,(H,17,18). The van der Waals surface area contributed by atoms with E-state index in [1.165, 1.54) is 25.7 Å². The molecule has 2 atom stereocenters. The summed E-state index contributed by atoms with van der Waals surface area (Å²) < 4.78 is 5.24. The van der Waals surface area contributed by atoms with Gasteiger partial charge in [0.25, 0.3) is 0 Å². The van der Waals surface area contributed by atoms with Crippen molar-refractivity contribution in [2.24, 2.45) is 11.8 Å². The minimum absolute atomic E-state index is 0.293. The number of ether oxygens (including phenoxy) is 1. The highest BCUT2D eigenvalue weighted by molar-refractivity contribution is 5.67. The summed E-state index contributed by atoms with van der Waals surface area (Å²) in [6, 6.07) is 0.689. The Kier molecular flexibility index (Phi) is 4.71. The Morgan fingerprint density at radius 3 is 2.63 bits per heavy atom. The van der Waals surface area contributed by atoms with Crippen LogP contribution in [0.4, 0.5) is 4.79 Å². The number of carbonyl (C=O) groups is 1. The van der Waals surface area contributed by atoms with Gasteiger partial charge in [-0.3, -0.25) is 0 Å². The number of rotatable bonds is 4. The van der Waals surface area contributed by atoms with Crippen LogP contribution in [0.3, 0.4) is 0 Å². The third-order valence-corrected chi connectivity index (χ3v) is 4.24. The average Bonchev–Trinajstić information content (AvgIpc) is 2.61. The minimum atomic E-state index is -0.409. The maximum atomic E-state index is 11.6. The molecule has 0 aromatic rings. The SMILES string of the molecule is CC(C)(C)OC(=O)NCCC1CCNC1C1CCC1. The third-order valence-electron chi connectivity index (χ3n) is 4.24. The summed E-state index contributed by atoms with van der Waals surface area (Å²) in [5, 5.41) is 6.51. The smallest absolute Gasteiger partial charge is 0.407 e. The summed E-state index contributed by atoms with van der Waals surface area (Å²) in [5.41, 5.74) is -0.409. The molecule has 2 unspecified atom stereocenters. The molecule has 4 heteroatoms. The van der Waals surface area contributed by atoms with Crippen LogP contribution in [-0.4, -0.2) is 30.8 Å². The van der Waals surface area contributed by atoms with Gasteiger partial charge in [0.15, 0.2) is 0 Å². The number of carbonyl (C=O) groups excluding carboxylic acids is 1. The van der Waals surface area contributed by atoms with Crippen LogP contribution in [0.2, 0.25) is 0 Å². The summed E-state index contributed by atoms with van der Waals surface area (Å²) in [4.78, 5) is 11.6. The molecule has 1 aliphatic heterocycles. The lowest BCUT2D eigenvalue weighted by atomic mass is 9.75. The predicted octanol–water partition coefficient (Wildman–Crippen LogP) is 2.68. The number of amides is 1. The van der Waals surface area contributed by atoms with E-state index in [0.29, 0.717) is 6.04 Å². The van der Waals surface area contributed by atoms with Gasteiger partial charge in [0.2, 0.25) is 0 Å². The van der Waals surface area contributed by atoms with Crippen molar-refractivity contribution in [1.82, 2.24) is 10.6 Å². The van der Waals surface area contributed by atoms with Gasteiger partial charge >= 0.3 is 6.09 Å². The number of hydrogen-bond donors (Lipinski definition) is 2. The average molecular weight is 268 g/mol. The molecule has 2 N–H and O–H groups in total. The van der Waals surface area contributed by atoms with E-state index in [1.807, 2.05) is 20.8 Å². The van der Waals surface area contributed by atoms with Gasteiger partial charge in [-0.25, -0.2) is 4.79 Å². The van der Waals surface area contributed by atoms with Gasteiger partial charge in [-0.1, -0.05) is 6.42 Å². The molecule has 2 rings (SSSR count). The second-order valence-electron chi connectivity index (χ2n) is 6.94. The first-order valence-electron chi connectivity index (χ1n) is 7.66. The van der Waals surface area contributed by atoms with Crippen molar-refractivity contribution >= 4 is 6.09 Å². The van der Waals surface area contributed by atoms with Crippen molar-refractivity contribution in [1.29, 1.82) is 0 Å². The topological polar surface area (TPSA) is 50.4 Å². The zero-order chi connectivity index (χ0) is 13.9. The first-order chi connectivity index (χ1) is 8.96. The third kappa shape index (κ3) is 4.37. The van der Waals surface area contributed by atoms with Gasteiger partial charge < -0.3 is 15.4 Å². The largest absolute Gasteiger partial charge is 0.444 e. The van der Waals surface area contributed by atoms with Crippen molar-refractivity contribution in [2.45, 2.75) is 64.5 Å². The molecule has 1 saturated heterocycles. The van der Waals surface area contributed by atoms with Crippen LogP contribution in [0, 0.1) is 11.8 Å². The molecule has 2 aliphatic rings. The highest BCUT2D eigenvalue weighted by Gasteiger charge is 2.35. The fourth-order valence-corrected chi connectivity index (χ4v) is 3.13. The van der Waals surface area contributed by atoms with Crippen LogP contribution in [0.15, 0.2) is 0 Å². The maximum Gasteiger partial charge on any atom is 0.407 e. The highest BCUT2D eigenvalue weighted by atomic mass is 16.6. The normalized spacial score (nSPS) is 27.9. The second-order valence-corrected chi connectivity index (χ2v) is 6.94. The van der Waals surface area contributed by atoms with E-state index < -0.39 is 5.60 Å². The van der Waals surface area contributed by atoms with Gasteiger partial charge in [0, 0.05) is 12.6 Å². The first kappa shape index (κ1) is 14.6. The highest BCUT2D eigenvalue weighted by Crippen LogP contribution is 2.36. The van der Waals surface area contributed by atoms with Crippen LogP contribution in [0.5, 0.6) is 0 Å². The molecule has 0 bridgehead atoms. The van der Waals surface area contributed by atoms with Gasteiger partial charge in [0.05, 0.1) is 0 Å². The Hall–Kier alpha value is -0.770. The lowest BCUT2D eigenvalue weighted by molar-refractivity contribution is 0.0523. The van der Waals surface area contributed by atoms with E-state index in [9.17, 15) is 4.79 Å². The molecule has 0 spiro atoms. The summed E-state index contributed by atoms with van der Waals surface area (Å²) in [6.45, 7) is 7.53. The molecule has 2 fully saturated rings. The first-order valence-corrected chi connectivity index (χ1v) is 7.66. The van der Waals surface area contributed by atoms with E-state index >= 15 is 0 Å². The number of nitrogens with one attached hydrogen (secondary N) is 2. The Balaban J connectivity index is 1.66. The molecule has 0 aromatic heterocycles. The van der Waals surface area contributed by atoms with Crippen LogP contribution in [0.25, 0.3) is 0 Å². The van der Waals surface area contributed by atoms with Crippen molar-refractivity contribution < 1.29 is 9.53 Å². The number of alkyl carbamates (subject to hydrolysis) is 1. The Morgan fingerprint density at radius 1 is 1.32 bits per heavy atom. The molecule has 0 aromatic carbocycles. The molecular weight excluding hydrogens is 240 g/mol. The van der Waals surface area contributed by atoms with Gasteiger partial charge in [0.1, 0.15) is 5.60 Å². The van der Waals surface area contributed by atoms with Crippen molar-refractivity contribution in [3.63, 3.8) is 0 Å². The van der Waals surface area contributed by atoms with Crippen molar-refractivity contribution in [3.05, 3.63) is 0 Å². The molecule has 1 amide bonds. The summed E-state index contributed by atoms with van der Waals surface area (Å²) >= 11 is 0. The van der Waals surface area contributed by atoms with Crippen LogP contribution in [0.1, 0.15) is 52.9 Å². The maximum absolute atomic E-state index is 11.6. The summed E-state index contributed by atoms with van der Waals surface area (Å²) in [5.74, 6) is 1.61. The Bertz CT molecular complexity index is 308. The zero-order valence-corrected chi connectivity index (χ0v) is 12.5. The van der Waals surface area contributed by atoms with Gasteiger partial charge in [-0.15, -0.1) is 0 Å². The quantitative estimate of drug-likeness (QED) is 0.824. The molecule has 4 nitrogen and oxygen atoms in total. The van der Waals surface area contributed by atoms with Gasteiger partial charge in [-0.2, -0.15) is 0 Å². The fourth-order valence-electron chi connectivity index (χ4n) is 3.13. The fraction of sp³-hybridized carbons (Fsp3) is 0.933. The molecule has 1 aliphatic carbocycles. The van der Waals surface area contributed by atoms with Crippen LogP contribution < -0.4 is 10.6 Å². The van der Waals surface area contributed by atoms with E-state index in [4.69, 9.17) is 4.74 Å². The zero-order valence-electron chi connectivity index (χ0n) is 12.5. The van der Waals surface area contributed by atoms with Crippen LogP contribution >= 0.6 is 0 Å². The molecular formula is C15H28N2O2. The van der Waals surface area contributed by atoms with Crippen molar-refractivity contribution in [3.8, 4) is 0 Å². The molecule has 0 radical (unpaired) electrons. The second kappa shape index (κ2) is 6.12. The van der Waals surface area contributed by atoms with E-state index in [2.05, 4.69) is 10.6 Å². The molecule has 1 heterocycles. The Labute approximate surface area is 116 Å². The number of hydrogen-bond acceptors (Lipinski definition) is 3.